The quantitative estimate of drug-likeness (QED) is 0.843. The van der Waals surface area contributed by atoms with Crippen molar-refractivity contribution in [1.82, 2.24) is 5.32 Å². The maximum Gasteiger partial charge on any atom is 0.123 e. The zero-order valence-corrected chi connectivity index (χ0v) is 12.1. The summed E-state index contributed by atoms with van der Waals surface area (Å²) in [5, 5.41) is 12.6. The molecule has 2 N–H and O–H groups in total. The van der Waals surface area contributed by atoms with Gasteiger partial charge in [0.2, 0.25) is 0 Å². The third-order valence-corrected chi connectivity index (χ3v) is 2.82. The van der Waals surface area contributed by atoms with Crippen molar-refractivity contribution in [3.8, 4) is 5.75 Å². The SMILES string of the molecule is CNCC(O)COc1cc(C)ccc1C(C)(C)C. The molecular weight excluding hydrogens is 226 g/mol. The van der Waals surface area contributed by atoms with Crippen molar-refractivity contribution in [3.63, 3.8) is 0 Å². The number of nitrogens with one attached hydrogen (secondary N) is 1. The molecule has 0 aliphatic carbocycles. The summed E-state index contributed by atoms with van der Waals surface area (Å²) < 4.78 is 5.77. The van der Waals surface area contributed by atoms with Gasteiger partial charge in [-0.3, -0.25) is 0 Å². The van der Waals surface area contributed by atoms with Gasteiger partial charge in [-0.2, -0.15) is 0 Å². The number of aliphatic hydroxyl groups excluding tert-OH is 1. The Morgan fingerprint density at radius 1 is 1.33 bits per heavy atom. The lowest BCUT2D eigenvalue weighted by Crippen LogP contribution is -2.29. The molecule has 1 aromatic rings. The molecule has 0 spiro atoms. The number of benzene rings is 1. The van der Waals surface area contributed by atoms with Crippen LogP contribution in [0.25, 0.3) is 0 Å². The molecule has 0 aliphatic rings. The number of aryl methyl sites for hydroxylation is 1. The number of likely N-dealkylation sites (N-methyl/N-ethyl adjacent to an activating group) is 1. The molecule has 0 aliphatic heterocycles. The van der Waals surface area contributed by atoms with E-state index < -0.39 is 6.10 Å². The summed E-state index contributed by atoms with van der Waals surface area (Å²) in [5.41, 5.74) is 2.38. The van der Waals surface area contributed by atoms with E-state index in [0.29, 0.717) is 13.2 Å². The Labute approximate surface area is 110 Å². The maximum absolute atomic E-state index is 9.69. The average molecular weight is 251 g/mol. The van der Waals surface area contributed by atoms with Crippen molar-refractivity contribution >= 4 is 0 Å². The van der Waals surface area contributed by atoms with Crippen LogP contribution in [0.5, 0.6) is 5.75 Å². The van der Waals surface area contributed by atoms with Crippen molar-refractivity contribution < 1.29 is 9.84 Å². The Bertz CT molecular complexity index is 383. The van der Waals surface area contributed by atoms with Gasteiger partial charge in [0, 0.05) is 6.54 Å². The second kappa shape index (κ2) is 6.21. The van der Waals surface area contributed by atoms with E-state index in [4.69, 9.17) is 4.74 Å². The van der Waals surface area contributed by atoms with Gasteiger partial charge in [0.15, 0.2) is 0 Å². The van der Waals surface area contributed by atoms with Crippen LogP contribution in [0.3, 0.4) is 0 Å². The van der Waals surface area contributed by atoms with Crippen molar-refractivity contribution in [3.05, 3.63) is 29.3 Å². The van der Waals surface area contributed by atoms with Crippen molar-refractivity contribution in [2.24, 2.45) is 0 Å². The molecule has 102 valence electrons. The van der Waals surface area contributed by atoms with Gasteiger partial charge in [-0.25, -0.2) is 0 Å². The molecule has 0 heterocycles. The molecule has 3 heteroatoms. The monoisotopic (exact) mass is 251 g/mol. The Morgan fingerprint density at radius 3 is 2.56 bits per heavy atom. The van der Waals surface area contributed by atoms with Gasteiger partial charge in [-0.1, -0.05) is 32.9 Å². The molecule has 0 bridgehead atoms. The van der Waals surface area contributed by atoms with Gasteiger partial charge < -0.3 is 15.2 Å². The third-order valence-electron chi connectivity index (χ3n) is 2.82. The highest BCUT2D eigenvalue weighted by Gasteiger charge is 2.19. The summed E-state index contributed by atoms with van der Waals surface area (Å²) in [6.45, 7) is 9.38. The van der Waals surface area contributed by atoms with Crippen LogP contribution < -0.4 is 10.1 Å². The molecular formula is C15H25NO2. The lowest BCUT2D eigenvalue weighted by molar-refractivity contribution is 0.107. The molecule has 3 nitrogen and oxygen atoms in total. The highest BCUT2D eigenvalue weighted by Crippen LogP contribution is 2.32. The number of aliphatic hydroxyl groups is 1. The van der Waals surface area contributed by atoms with Gasteiger partial charge in [0.05, 0.1) is 0 Å². The second-order valence-corrected chi connectivity index (χ2v) is 5.77. The zero-order valence-electron chi connectivity index (χ0n) is 12.1. The van der Waals surface area contributed by atoms with E-state index in [0.717, 1.165) is 5.75 Å². The fourth-order valence-corrected chi connectivity index (χ4v) is 1.85. The summed E-state index contributed by atoms with van der Waals surface area (Å²) in [4.78, 5) is 0. The fourth-order valence-electron chi connectivity index (χ4n) is 1.85. The molecule has 0 amide bonds. The maximum atomic E-state index is 9.69. The molecule has 1 rings (SSSR count). The predicted molar refractivity (Wildman–Crippen MR) is 75.3 cm³/mol. The molecule has 1 atom stereocenters. The van der Waals surface area contributed by atoms with E-state index in [9.17, 15) is 5.11 Å². The Morgan fingerprint density at radius 2 is 2.00 bits per heavy atom. The number of rotatable bonds is 5. The average Bonchev–Trinajstić information content (AvgIpc) is 2.25. The first-order chi connectivity index (χ1) is 8.34. The summed E-state index contributed by atoms with van der Waals surface area (Å²) in [7, 11) is 1.82. The van der Waals surface area contributed by atoms with Crippen LogP contribution in [-0.4, -0.2) is 31.4 Å². The molecule has 0 saturated carbocycles. The van der Waals surface area contributed by atoms with Gasteiger partial charge >= 0.3 is 0 Å². The molecule has 18 heavy (non-hydrogen) atoms. The molecule has 1 aromatic carbocycles. The smallest absolute Gasteiger partial charge is 0.123 e. The summed E-state index contributed by atoms with van der Waals surface area (Å²) in [6.07, 6.45) is -0.483. The van der Waals surface area contributed by atoms with Crippen LogP contribution in [0.2, 0.25) is 0 Å². The van der Waals surface area contributed by atoms with Crippen LogP contribution in [-0.2, 0) is 5.41 Å². The lowest BCUT2D eigenvalue weighted by atomic mass is 9.86. The zero-order chi connectivity index (χ0) is 13.8. The first kappa shape index (κ1) is 15.0. The Hall–Kier alpha value is -1.06. The molecule has 0 aromatic heterocycles. The van der Waals surface area contributed by atoms with E-state index in [2.05, 4.69) is 38.2 Å². The van der Waals surface area contributed by atoms with E-state index in [1.165, 1.54) is 11.1 Å². The summed E-state index contributed by atoms with van der Waals surface area (Å²) in [5.74, 6) is 0.873. The van der Waals surface area contributed by atoms with E-state index >= 15 is 0 Å². The van der Waals surface area contributed by atoms with Gasteiger partial charge in [0.1, 0.15) is 18.5 Å². The van der Waals surface area contributed by atoms with Gasteiger partial charge in [-0.15, -0.1) is 0 Å². The minimum absolute atomic E-state index is 0.0387. The lowest BCUT2D eigenvalue weighted by Gasteiger charge is -2.24. The highest BCUT2D eigenvalue weighted by molar-refractivity contribution is 5.41. The standard InChI is InChI=1S/C15H25NO2/c1-11-6-7-13(15(2,3)4)14(8-11)18-10-12(17)9-16-5/h6-8,12,16-17H,9-10H2,1-5H3. The number of hydrogen-bond donors (Lipinski definition) is 2. The second-order valence-electron chi connectivity index (χ2n) is 5.77. The van der Waals surface area contributed by atoms with Crippen LogP contribution in [0, 0.1) is 6.92 Å². The number of ether oxygens (including phenoxy) is 1. The van der Waals surface area contributed by atoms with Crippen LogP contribution in [0.4, 0.5) is 0 Å². The van der Waals surface area contributed by atoms with E-state index in [-0.39, 0.29) is 5.41 Å². The van der Waals surface area contributed by atoms with Crippen molar-refractivity contribution in [2.75, 3.05) is 20.2 Å². The van der Waals surface area contributed by atoms with Gasteiger partial charge in [-0.05, 0) is 36.6 Å². The normalized spacial score (nSPS) is 13.4. The minimum atomic E-state index is -0.483. The number of hydrogen-bond acceptors (Lipinski definition) is 3. The van der Waals surface area contributed by atoms with Crippen molar-refractivity contribution in [2.45, 2.75) is 39.2 Å². The molecule has 0 saturated heterocycles. The van der Waals surface area contributed by atoms with Crippen molar-refractivity contribution in [1.29, 1.82) is 0 Å². The largest absolute Gasteiger partial charge is 0.491 e. The van der Waals surface area contributed by atoms with Crippen LogP contribution in [0.1, 0.15) is 31.9 Å². The molecule has 0 fully saturated rings. The summed E-state index contributed by atoms with van der Waals surface area (Å²) in [6, 6.07) is 6.24. The Kier molecular flexibility index (Phi) is 5.17. The highest BCUT2D eigenvalue weighted by atomic mass is 16.5. The topological polar surface area (TPSA) is 41.5 Å². The summed E-state index contributed by atoms with van der Waals surface area (Å²) >= 11 is 0. The molecule has 0 radical (unpaired) electrons. The predicted octanol–water partition coefficient (Wildman–Crippen LogP) is 2.25. The first-order valence-electron chi connectivity index (χ1n) is 6.41. The third kappa shape index (κ3) is 4.31. The van der Waals surface area contributed by atoms with Gasteiger partial charge in [0.25, 0.3) is 0 Å². The van der Waals surface area contributed by atoms with Crippen LogP contribution >= 0.6 is 0 Å². The van der Waals surface area contributed by atoms with Crippen LogP contribution in [0.15, 0.2) is 18.2 Å². The first-order valence-corrected chi connectivity index (χ1v) is 6.41. The fraction of sp³-hybridized carbons (Fsp3) is 0.600. The van der Waals surface area contributed by atoms with E-state index in [1.54, 1.807) is 0 Å². The van der Waals surface area contributed by atoms with E-state index in [1.807, 2.05) is 20.0 Å². The minimum Gasteiger partial charge on any atom is -0.491 e. The molecule has 1 unspecified atom stereocenters. The Balaban J connectivity index is 2.83.